The van der Waals surface area contributed by atoms with Gasteiger partial charge in [-0.15, -0.1) is 0 Å². The number of benzene rings is 1. The number of aryl methyl sites for hydroxylation is 2. The fourth-order valence-corrected chi connectivity index (χ4v) is 2.86. The van der Waals surface area contributed by atoms with Crippen molar-refractivity contribution in [3.05, 3.63) is 70.7 Å². The van der Waals surface area contributed by atoms with Crippen molar-refractivity contribution in [3.63, 3.8) is 0 Å². The number of pyridine rings is 1. The topological polar surface area (TPSA) is 68.0 Å². The lowest BCUT2D eigenvalue weighted by molar-refractivity contribution is 0.953. The van der Waals surface area contributed by atoms with Gasteiger partial charge in [0.2, 0.25) is 0 Å². The van der Waals surface area contributed by atoms with Crippen molar-refractivity contribution in [2.24, 2.45) is 0 Å². The third-order valence-corrected chi connectivity index (χ3v) is 3.88. The molecule has 0 radical (unpaired) electrons. The number of nitrogens with zero attached hydrogens (tertiary/aromatic N) is 4. The second-order valence-electron chi connectivity index (χ2n) is 5.56. The summed E-state index contributed by atoms with van der Waals surface area (Å²) in [4.78, 5) is 19.5. The number of nitrogens with one attached hydrogen (secondary N) is 1. The zero-order valence-corrected chi connectivity index (χ0v) is 12.8. The first kappa shape index (κ1) is 13.5. The van der Waals surface area contributed by atoms with Crippen LogP contribution in [0.4, 0.5) is 0 Å². The van der Waals surface area contributed by atoms with Crippen LogP contribution in [0, 0.1) is 13.8 Å². The Morgan fingerprint density at radius 2 is 2.00 bits per heavy atom. The Bertz CT molecular complexity index is 1070. The van der Waals surface area contributed by atoms with Gasteiger partial charge in [0, 0.05) is 17.5 Å². The Morgan fingerprint density at radius 3 is 2.83 bits per heavy atom. The van der Waals surface area contributed by atoms with Crippen LogP contribution < -0.4 is 5.69 Å². The normalized spacial score (nSPS) is 11.2. The standard InChI is InChI=1S/C17H15N5O/c1-11-4-3-5-14(8-11)22-16(12(2)20-17(22)23)13-6-7-15-18-10-19-21(15)9-13/h3-10H,1-2H3,(H,20,23). The molecule has 3 aromatic heterocycles. The second-order valence-corrected chi connectivity index (χ2v) is 5.56. The second kappa shape index (κ2) is 4.95. The van der Waals surface area contributed by atoms with E-state index < -0.39 is 0 Å². The van der Waals surface area contributed by atoms with Crippen LogP contribution in [0.1, 0.15) is 11.3 Å². The van der Waals surface area contributed by atoms with E-state index in [4.69, 9.17) is 0 Å². The maximum Gasteiger partial charge on any atom is 0.330 e. The summed E-state index contributed by atoms with van der Waals surface area (Å²) in [5.74, 6) is 0. The first-order chi connectivity index (χ1) is 11.1. The Hall–Kier alpha value is -3.15. The summed E-state index contributed by atoms with van der Waals surface area (Å²) in [7, 11) is 0. The molecule has 1 aromatic carbocycles. The van der Waals surface area contributed by atoms with E-state index in [1.165, 1.54) is 6.33 Å². The fourth-order valence-electron chi connectivity index (χ4n) is 2.86. The van der Waals surface area contributed by atoms with Gasteiger partial charge < -0.3 is 4.98 Å². The van der Waals surface area contributed by atoms with Crippen LogP contribution in [0.25, 0.3) is 22.6 Å². The molecule has 0 atom stereocenters. The minimum Gasteiger partial charge on any atom is -0.309 e. The van der Waals surface area contributed by atoms with E-state index in [0.29, 0.717) is 0 Å². The minimum atomic E-state index is -0.151. The van der Waals surface area contributed by atoms with Gasteiger partial charge in [-0.25, -0.2) is 14.3 Å². The maximum absolute atomic E-state index is 12.4. The highest BCUT2D eigenvalue weighted by Gasteiger charge is 2.15. The minimum absolute atomic E-state index is 0.151. The van der Waals surface area contributed by atoms with Crippen LogP contribution >= 0.6 is 0 Å². The zero-order chi connectivity index (χ0) is 16.0. The highest BCUT2D eigenvalue weighted by atomic mass is 16.1. The average molecular weight is 305 g/mol. The summed E-state index contributed by atoms with van der Waals surface area (Å²) in [5, 5.41) is 4.17. The monoisotopic (exact) mass is 305 g/mol. The summed E-state index contributed by atoms with van der Waals surface area (Å²) in [6, 6.07) is 11.7. The Labute approximate surface area is 132 Å². The maximum atomic E-state index is 12.4. The van der Waals surface area contributed by atoms with Gasteiger partial charge in [0.25, 0.3) is 0 Å². The van der Waals surface area contributed by atoms with E-state index in [1.807, 2.05) is 56.4 Å². The van der Waals surface area contributed by atoms with Gasteiger partial charge in [0.1, 0.15) is 6.33 Å². The predicted molar refractivity (Wildman–Crippen MR) is 87.8 cm³/mol. The van der Waals surface area contributed by atoms with Gasteiger partial charge in [0.15, 0.2) is 5.65 Å². The van der Waals surface area contributed by atoms with E-state index in [-0.39, 0.29) is 5.69 Å². The molecule has 0 unspecified atom stereocenters. The highest BCUT2D eigenvalue weighted by Crippen LogP contribution is 2.24. The zero-order valence-electron chi connectivity index (χ0n) is 12.8. The van der Waals surface area contributed by atoms with Crippen LogP contribution in [0.2, 0.25) is 0 Å². The van der Waals surface area contributed by atoms with Crippen molar-refractivity contribution in [2.45, 2.75) is 13.8 Å². The molecule has 0 saturated carbocycles. The molecule has 6 nitrogen and oxygen atoms in total. The van der Waals surface area contributed by atoms with E-state index in [9.17, 15) is 4.79 Å². The SMILES string of the molecule is Cc1cccc(-n2c(-c3ccc4ncnn4c3)c(C)[nH]c2=O)c1. The summed E-state index contributed by atoms with van der Waals surface area (Å²) in [6.45, 7) is 3.91. The number of aromatic nitrogens is 5. The molecule has 4 rings (SSSR count). The average Bonchev–Trinajstić information content (AvgIpc) is 3.10. The summed E-state index contributed by atoms with van der Waals surface area (Å²) >= 11 is 0. The lowest BCUT2D eigenvalue weighted by atomic mass is 10.1. The van der Waals surface area contributed by atoms with Crippen molar-refractivity contribution in [2.75, 3.05) is 0 Å². The Balaban J connectivity index is 2.00. The van der Waals surface area contributed by atoms with Crippen LogP contribution in [0.15, 0.2) is 53.7 Å². The van der Waals surface area contributed by atoms with E-state index in [1.54, 1.807) is 9.08 Å². The number of imidazole rings is 1. The summed E-state index contributed by atoms with van der Waals surface area (Å²) < 4.78 is 3.40. The molecular formula is C17H15N5O. The molecule has 0 aliphatic rings. The molecular weight excluding hydrogens is 290 g/mol. The first-order valence-corrected chi connectivity index (χ1v) is 7.32. The quantitative estimate of drug-likeness (QED) is 0.618. The molecule has 114 valence electrons. The van der Waals surface area contributed by atoms with Gasteiger partial charge in [-0.3, -0.25) is 4.57 Å². The number of fused-ring (bicyclic) bond motifs is 1. The molecule has 0 saturated heterocycles. The molecule has 0 amide bonds. The third kappa shape index (κ3) is 2.15. The van der Waals surface area contributed by atoms with Crippen molar-refractivity contribution in [1.82, 2.24) is 24.1 Å². The van der Waals surface area contributed by atoms with Crippen molar-refractivity contribution in [3.8, 4) is 16.9 Å². The molecule has 0 spiro atoms. The molecule has 0 aliphatic heterocycles. The molecule has 0 aliphatic carbocycles. The fraction of sp³-hybridized carbons (Fsp3) is 0.118. The molecule has 0 bridgehead atoms. The predicted octanol–water partition coefficient (Wildman–Crippen LogP) is 2.49. The van der Waals surface area contributed by atoms with Crippen molar-refractivity contribution >= 4 is 5.65 Å². The van der Waals surface area contributed by atoms with Crippen LogP contribution in [-0.2, 0) is 0 Å². The third-order valence-electron chi connectivity index (χ3n) is 3.88. The first-order valence-electron chi connectivity index (χ1n) is 7.32. The van der Waals surface area contributed by atoms with E-state index in [0.717, 1.165) is 33.8 Å². The largest absolute Gasteiger partial charge is 0.330 e. The lowest BCUT2D eigenvalue weighted by Gasteiger charge is -2.09. The molecule has 0 fully saturated rings. The van der Waals surface area contributed by atoms with Gasteiger partial charge >= 0.3 is 5.69 Å². The van der Waals surface area contributed by atoms with Gasteiger partial charge in [-0.05, 0) is 43.7 Å². The Morgan fingerprint density at radius 1 is 1.13 bits per heavy atom. The van der Waals surface area contributed by atoms with Crippen molar-refractivity contribution in [1.29, 1.82) is 0 Å². The number of aromatic amines is 1. The highest BCUT2D eigenvalue weighted by molar-refractivity contribution is 5.66. The Kier molecular flexibility index (Phi) is 2.90. The molecule has 23 heavy (non-hydrogen) atoms. The number of rotatable bonds is 2. The lowest BCUT2D eigenvalue weighted by Crippen LogP contribution is -2.15. The molecule has 1 N–H and O–H groups in total. The summed E-state index contributed by atoms with van der Waals surface area (Å²) in [6.07, 6.45) is 3.39. The molecule has 6 heteroatoms. The number of H-pyrrole nitrogens is 1. The van der Waals surface area contributed by atoms with Crippen LogP contribution in [0.3, 0.4) is 0 Å². The molecule has 4 aromatic rings. The van der Waals surface area contributed by atoms with Crippen LogP contribution in [0.5, 0.6) is 0 Å². The number of hydrogen-bond acceptors (Lipinski definition) is 3. The number of hydrogen-bond donors (Lipinski definition) is 1. The smallest absolute Gasteiger partial charge is 0.309 e. The van der Waals surface area contributed by atoms with Crippen molar-refractivity contribution < 1.29 is 0 Å². The van der Waals surface area contributed by atoms with E-state index in [2.05, 4.69) is 15.1 Å². The van der Waals surface area contributed by atoms with E-state index >= 15 is 0 Å². The van der Waals surface area contributed by atoms with Gasteiger partial charge in [0.05, 0.1) is 11.4 Å². The van der Waals surface area contributed by atoms with Crippen LogP contribution in [-0.4, -0.2) is 24.1 Å². The summed E-state index contributed by atoms with van der Waals surface area (Å²) in [5.41, 5.74) is 5.11. The van der Waals surface area contributed by atoms with Gasteiger partial charge in [-0.2, -0.15) is 5.10 Å². The molecule has 3 heterocycles. The van der Waals surface area contributed by atoms with Gasteiger partial charge in [-0.1, -0.05) is 12.1 Å².